The van der Waals surface area contributed by atoms with Gasteiger partial charge in [-0.1, -0.05) is 6.07 Å². The molecule has 4 nitrogen and oxygen atoms in total. The van der Waals surface area contributed by atoms with Crippen LogP contribution in [0.3, 0.4) is 0 Å². The van der Waals surface area contributed by atoms with Gasteiger partial charge in [0.15, 0.2) is 0 Å². The van der Waals surface area contributed by atoms with E-state index in [0.29, 0.717) is 5.69 Å². The molecule has 0 spiro atoms. The fourth-order valence-electron chi connectivity index (χ4n) is 1.46. The fourth-order valence-corrected chi connectivity index (χ4v) is 1.46. The number of nitrogens with one attached hydrogen (secondary N) is 1. The van der Waals surface area contributed by atoms with Gasteiger partial charge in [-0.05, 0) is 32.0 Å². The highest BCUT2D eigenvalue weighted by molar-refractivity contribution is 5.92. The van der Waals surface area contributed by atoms with Crippen LogP contribution in [0.15, 0.2) is 24.3 Å². The van der Waals surface area contributed by atoms with Crippen molar-refractivity contribution < 1.29 is 9.18 Å². The first-order valence-corrected chi connectivity index (χ1v) is 5.69. The molecule has 0 saturated carbocycles. The summed E-state index contributed by atoms with van der Waals surface area (Å²) < 4.78 is 12.9. The lowest BCUT2D eigenvalue weighted by Crippen LogP contribution is -2.38. The van der Waals surface area contributed by atoms with E-state index in [2.05, 4.69) is 5.32 Å². The summed E-state index contributed by atoms with van der Waals surface area (Å²) in [5.74, 6) is -0.657. The second-order valence-corrected chi connectivity index (χ2v) is 4.22. The smallest absolute Gasteiger partial charge is 0.238 e. The summed E-state index contributed by atoms with van der Waals surface area (Å²) in [6.07, 6.45) is 0. The van der Waals surface area contributed by atoms with Gasteiger partial charge in [0.2, 0.25) is 5.91 Å². The number of carbonyl (C=O) groups excluding carboxylic acids is 1. The number of hydrogen-bond acceptors (Lipinski definition) is 3. The molecule has 1 N–H and O–H groups in total. The van der Waals surface area contributed by atoms with E-state index in [1.54, 1.807) is 11.0 Å². The molecule has 0 aliphatic carbocycles. The minimum Gasteiger partial charge on any atom is -0.325 e. The van der Waals surface area contributed by atoms with Crippen molar-refractivity contribution in [3.63, 3.8) is 0 Å². The predicted octanol–water partition coefficient (Wildman–Crippen LogP) is 2.00. The predicted molar refractivity (Wildman–Crippen MR) is 67.4 cm³/mol. The Labute approximate surface area is 106 Å². The van der Waals surface area contributed by atoms with Crippen molar-refractivity contribution in [3.8, 4) is 6.07 Å². The SMILES string of the molecule is CC(C)N(CC#N)CC(=O)Nc1cccc(F)c1. The number of nitrogens with zero attached hydrogens (tertiary/aromatic N) is 2. The van der Waals surface area contributed by atoms with Crippen LogP contribution in [0.4, 0.5) is 10.1 Å². The number of nitriles is 1. The second-order valence-electron chi connectivity index (χ2n) is 4.22. The van der Waals surface area contributed by atoms with Gasteiger partial charge in [0.1, 0.15) is 5.82 Å². The van der Waals surface area contributed by atoms with Gasteiger partial charge < -0.3 is 5.32 Å². The van der Waals surface area contributed by atoms with Gasteiger partial charge in [0.05, 0.1) is 19.2 Å². The minimum absolute atomic E-state index is 0.0999. The number of amides is 1. The molecule has 0 radical (unpaired) electrons. The van der Waals surface area contributed by atoms with Crippen LogP contribution in [0, 0.1) is 17.1 Å². The Bertz CT molecular complexity index is 454. The molecule has 0 aliphatic heterocycles. The molecular weight excluding hydrogens is 233 g/mol. The van der Waals surface area contributed by atoms with Gasteiger partial charge in [0.25, 0.3) is 0 Å². The first kappa shape index (κ1) is 14.1. The lowest BCUT2D eigenvalue weighted by atomic mass is 10.3. The molecule has 0 unspecified atom stereocenters. The average molecular weight is 249 g/mol. The Morgan fingerprint density at radius 1 is 1.56 bits per heavy atom. The molecule has 0 heterocycles. The zero-order chi connectivity index (χ0) is 13.5. The molecule has 1 amide bonds. The quantitative estimate of drug-likeness (QED) is 0.812. The first-order chi connectivity index (χ1) is 8.52. The Kier molecular flexibility index (Phi) is 5.28. The number of hydrogen-bond donors (Lipinski definition) is 1. The topological polar surface area (TPSA) is 56.1 Å². The molecule has 96 valence electrons. The summed E-state index contributed by atoms with van der Waals surface area (Å²) in [6, 6.07) is 7.82. The van der Waals surface area contributed by atoms with E-state index in [4.69, 9.17) is 5.26 Å². The molecule has 0 atom stereocenters. The zero-order valence-electron chi connectivity index (χ0n) is 10.5. The third kappa shape index (κ3) is 4.52. The molecule has 18 heavy (non-hydrogen) atoms. The molecule has 0 aromatic heterocycles. The highest BCUT2D eigenvalue weighted by atomic mass is 19.1. The van der Waals surface area contributed by atoms with E-state index < -0.39 is 5.82 Å². The van der Waals surface area contributed by atoms with Crippen LogP contribution in [0.25, 0.3) is 0 Å². The maximum Gasteiger partial charge on any atom is 0.238 e. The van der Waals surface area contributed by atoms with E-state index in [9.17, 15) is 9.18 Å². The van der Waals surface area contributed by atoms with Crippen LogP contribution in [0.1, 0.15) is 13.8 Å². The zero-order valence-corrected chi connectivity index (χ0v) is 10.5. The third-order valence-electron chi connectivity index (χ3n) is 2.46. The lowest BCUT2D eigenvalue weighted by Gasteiger charge is -2.22. The van der Waals surface area contributed by atoms with Crippen LogP contribution in [0.5, 0.6) is 0 Å². The van der Waals surface area contributed by atoms with E-state index in [0.717, 1.165) is 0 Å². The van der Waals surface area contributed by atoms with Crippen molar-refractivity contribution in [1.29, 1.82) is 5.26 Å². The van der Waals surface area contributed by atoms with Crippen molar-refractivity contribution in [2.45, 2.75) is 19.9 Å². The maximum atomic E-state index is 12.9. The summed E-state index contributed by atoms with van der Waals surface area (Å²) in [5.41, 5.74) is 0.417. The van der Waals surface area contributed by atoms with Crippen LogP contribution in [-0.2, 0) is 4.79 Å². The lowest BCUT2D eigenvalue weighted by molar-refractivity contribution is -0.117. The van der Waals surface area contributed by atoms with Crippen molar-refractivity contribution in [3.05, 3.63) is 30.1 Å². The normalized spacial score (nSPS) is 10.4. The molecular formula is C13H16FN3O. The maximum absolute atomic E-state index is 12.9. The highest BCUT2D eigenvalue weighted by Crippen LogP contribution is 2.09. The Balaban J connectivity index is 2.58. The van der Waals surface area contributed by atoms with Gasteiger partial charge in [-0.3, -0.25) is 9.69 Å². The second kappa shape index (κ2) is 6.72. The Morgan fingerprint density at radius 3 is 2.83 bits per heavy atom. The summed E-state index contributed by atoms with van der Waals surface area (Å²) in [7, 11) is 0. The summed E-state index contributed by atoms with van der Waals surface area (Å²) in [5, 5.41) is 11.2. The van der Waals surface area contributed by atoms with Crippen molar-refractivity contribution in [2.75, 3.05) is 18.4 Å². The minimum atomic E-state index is -0.398. The van der Waals surface area contributed by atoms with Crippen molar-refractivity contribution in [2.24, 2.45) is 0 Å². The molecule has 0 saturated heterocycles. The first-order valence-electron chi connectivity index (χ1n) is 5.69. The molecule has 0 bridgehead atoms. The molecule has 0 aliphatic rings. The molecule has 1 aromatic carbocycles. The van der Waals surface area contributed by atoms with Crippen molar-refractivity contribution in [1.82, 2.24) is 4.90 Å². The van der Waals surface area contributed by atoms with Crippen molar-refractivity contribution >= 4 is 11.6 Å². The summed E-state index contributed by atoms with van der Waals surface area (Å²) in [6.45, 7) is 4.12. The fraction of sp³-hybridized carbons (Fsp3) is 0.385. The van der Waals surface area contributed by atoms with Crippen LogP contribution in [0.2, 0.25) is 0 Å². The largest absolute Gasteiger partial charge is 0.325 e. The van der Waals surface area contributed by atoms with Crippen LogP contribution in [-0.4, -0.2) is 29.9 Å². The molecule has 1 rings (SSSR count). The van der Waals surface area contributed by atoms with E-state index in [1.165, 1.54) is 18.2 Å². The molecule has 5 heteroatoms. The number of rotatable bonds is 5. The summed E-state index contributed by atoms with van der Waals surface area (Å²) in [4.78, 5) is 13.5. The molecule has 1 aromatic rings. The van der Waals surface area contributed by atoms with Gasteiger partial charge in [-0.25, -0.2) is 4.39 Å². The van der Waals surface area contributed by atoms with Gasteiger partial charge in [0, 0.05) is 11.7 Å². The third-order valence-corrected chi connectivity index (χ3v) is 2.46. The number of carbonyl (C=O) groups is 1. The van der Waals surface area contributed by atoms with E-state index in [1.807, 2.05) is 19.9 Å². The van der Waals surface area contributed by atoms with Gasteiger partial charge in [-0.2, -0.15) is 5.26 Å². The van der Waals surface area contributed by atoms with E-state index in [-0.39, 0.29) is 25.0 Å². The highest BCUT2D eigenvalue weighted by Gasteiger charge is 2.13. The van der Waals surface area contributed by atoms with Gasteiger partial charge >= 0.3 is 0 Å². The summed E-state index contributed by atoms with van der Waals surface area (Å²) >= 11 is 0. The van der Waals surface area contributed by atoms with Crippen LogP contribution < -0.4 is 5.32 Å². The Morgan fingerprint density at radius 2 is 2.28 bits per heavy atom. The standard InChI is InChI=1S/C13H16FN3O/c1-10(2)17(7-6-15)9-13(18)16-12-5-3-4-11(14)8-12/h3-5,8,10H,7,9H2,1-2H3,(H,16,18). The monoisotopic (exact) mass is 249 g/mol. The van der Waals surface area contributed by atoms with E-state index >= 15 is 0 Å². The van der Waals surface area contributed by atoms with Gasteiger partial charge in [-0.15, -0.1) is 0 Å². The number of benzene rings is 1. The van der Waals surface area contributed by atoms with Crippen LogP contribution >= 0.6 is 0 Å². The number of halogens is 1. The number of anilines is 1. The molecule has 0 fully saturated rings. The average Bonchev–Trinajstić information content (AvgIpc) is 2.28. The Hall–Kier alpha value is -1.93.